The highest BCUT2D eigenvalue weighted by molar-refractivity contribution is 7.91. The quantitative estimate of drug-likeness (QED) is 0.595. The lowest BCUT2D eigenvalue weighted by Crippen LogP contribution is -2.40. The molecule has 0 spiro atoms. The average molecular weight is 474 g/mol. The van der Waals surface area contributed by atoms with E-state index >= 15 is 0 Å². The van der Waals surface area contributed by atoms with Crippen LogP contribution < -0.4 is 5.32 Å². The van der Waals surface area contributed by atoms with Gasteiger partial charge in [0.15, 0.2) is 0 Å². The van der Waals surface area contributed by atoms with Gasteiger partial charge in [-0.1, -0.05) is 18.2 Å². The summed E-state index contributed by atoms with van der Waals surface area (Å²) in [5, 5.41) is 2.94. The van der Waals surface area contributed by atoms with Crippen molar-refractivity contribution in [2.45, 2.75) is 31.5 Å². The summed E-state index contributed by atoms with van der Waals surface area (Å²) >= 11 is 1.19. The van der Waals surface area contributed by atoms with Crippen molar-refractivity contribution in [3.05, 3.63) is 69.9 Å². The molecule has 0 saturated carbocycles. The van der Waals surface area contributed by atoms with Crippen LogP contribution in [0, 0.1) is 20.8 Å². The second-order valence-electron chi connectivity index (χ2n) is 7.83. The number of hydrogen-bond donors (Lipinski definition) is 1. The van der Waals surface area contributed by atoms with E-state index in [9.17, 15) is 13.2 Å². The first-order chi connectivity index (χ1) is 15.3. The predicted octanol–water partition coefficient (Wildman–Crippen LogP) is 3.41. The molecule has 3 heterocycles. The van der Waals surface area contributed by atoms with Gasteiger partial charge in [0, 0.05) is 35.0 Å². The van der Waals surface area contributed by atoms with Crippen LogP contribution >= 0.6 is 11.3 Å². The maximum absolute atomic E-state index is 12.9. The molecule has 1 aromatic carbocycles. The van der Waals surface area contributed by atoms with Crippen LogP contribution in [0.4, 0.5) is 0 Å². The number of hydrogen-bond acceptors (Lipinski definition) is 5. The van der Waals surface area contributed by atoms with Crippen LogP contribution in [0.1, 0.15) is 32.2 Å². The summed E-state index contributed by atoms with van der Waals surface area (Å²) in [6.07, 6.45) is 0. The third-order valence-electron chi connectivity index (χ3n) is 5.66. The van der Waals surface area contributed by atoms with Crippen LogP contribution in [0.3, 0.4) is 0 Å². The third-order valence-corrected chi connectivity index (χ3v) is 9.11. The van der Waals surface area contributed by atoms with Gasteiger partial charge in [-0.2, -0.15) is 4.31 Å². The van der Waals surface area contributed by atoms with Gasteiger partial charge >= 0.3 is 0 Å². The van der Waals surface area contributed by atoms with E-state index < -0.39 is 10.0 Å². The Labute approximate surface area is 192 Å². The summed E-state index contributed by atoms with van der Waals surface area (Å²) in [5.74, 6) is -0.177. The van der Waals surface area contributed by atoms with Gasteiger partial charge in [-0.3, -0.25) is 4.79 Å². The van der Waals surface area contributed by atoms with E-state index in [4.69, 9.17) is 4.74 Å². The fourth-order valence-electron chi connectivity index (χ4n) is 3.95. The zero-order chi connectivity index (χ0) is 22.9. The van der Waals surface area contributed by atoms with Crippen molar-refractivity contribution < 1.29 is 17.9 Å². The summed E-state index contributed by atoms with van der Waals surface area (Å²) < 4.78 is 34.7. The number of aromatic nitrogens is 1. The molecule has 0 unspecified atom stereocenters. The van der Waals surface area contributed by atoms with E-state index in [-0.39, 0.29) is 12.5 Å². The first-order valence-corrected chi connectivity index (χ1v) is 12.7. The molecule has 1 N–H and O–H groups in total. The van der Waals surface area contributed by atoms with Crippen LogP contribution in [0.2, 0.25) is 0 Å². The topological polar surface area (TPSA) is 80.6 Å². The van der Waals surface area contributed by atoms with Gasteiger partial charge in [0.25, 0.3) is 15.9 Å². The number of morpholine rings is 1. The van der Waals surface area contributed by atoms with Gasteiger partial charge in [0.2, 0.25) is 0 Å². The molecule has 1 aliphatic rings. The molecule has 1 aliphatic heterocycles. The first kappa shape index (κ1) is 22.7. The van der Waals surface area contributed by atoms with Gasteiger partial charge < -0.3 is 14.6 Å². The number of rotatable bonds is 6. The molecule has 0 radical (unpaired) electrons. The van der Waals surface area contributed by atoms with Crippen molar-refractivity contribution >= 4 is 27.3 Å². The highest BCUT2D eigenvalue weighted by Gasteiger charge is 2.27. The van der Waals surface area contributed by atoms with Gasteiger partial charge in [-0.25, -0.2) is 8.42 Å². The molecular weight excluding hydrogens is 446 g/mol. The van der Waals surface area contributed by atoms with Gasteiger partial charge in [-0.05, 0) is 50.6 Å². The van der Waals surface area contributed by atoms with Gasteiger partial charge in [0.1, 0.15) is 4.21 Å². The van der Waals surface area contributed by atoms with Crippen LogP contribution in [0.25, 0.3) is 5.69 Å². The van der Waals surface area contributed by atoms with E-state index in [0.717, 1.165) is 27.5 Å². The number of benzene rings is 1. The summed E-state index contributed by atoms with van der Waals surface area (Å²) in [7, 11) is -3.52. The molecule has 4 rings (SSSR count). The number of para-hydroxylation sites is 1. The minimum Gasteiger partial charge on any atom is -0.379 e. The van der Waals surface area contributed by atoms with E-state index in [1.54, 1.807) is 12.1 Å². The number of thiophene rings is 1. The fourth-order valence-corrected chi connectivity index (χ4v) is 6.80. The van der Waals surface area contributed by atoms with Crippen molar-refractivity contribution in [3.8, 4) is 5.69 Å². The van der Waals surface area contributed by atoms with Crippen LogP contribution in [-0.4, -0.2) is 49.5 Å². The lowest BCUT2D eigenvalue weighted by molar-refractivity contribution is 0.0731. The number of nitrogens with one attached hydrogen (secondary N) is 1. The molecule has 0 bridgehead atoms. The summed E-state index contributed by atoms with van der Waals surface area (Å²) in [4.78, 5) is 13.7. The fraction of sp³-hybridized carbons (Fsp3) is 0.348. The van der Waals surface area contributed by atoms with E-state index in [2.05, 4.69) is 9.88 Å². The number of ether oxygens (including phenoxy) is 1. The van der Waals surface area contributed by atoms with E-state index in [1.165, 1.54) is 15.6 Å². The lowest BCUT2D eigenvalue weighted by Gasteiger charge is -2.25. The maximum Gasteiger partial charge on any atom is 0.253 e. The molecule has 1 amide bonds. The smallest absolute Gasteiger partial charge is 0.253 e. The number of sulfonamides is 1. The van der Waals surface area contributed by atoms with Crippen LogP contribution in [-0.2, 0) is 21.3 Å². The van der Waals surface area contributed by atoms with Crippen LogP contribution in [0.5, 0.6) is 0 Å². The molecule has 0 aliphatic carbocycles. The molecule has 3 aromatic rings. The van der Waals surface area contributed by atoms with Crippen molar-refractivity contribution in [1.82, 2.24) is 14.2 Å². The Hall–Kier alpha value is -2.46. The van der Waals surface area contributed by atoms with Crippen molar-refractivity contribution in [3.63, 3.8) is 0 Å². The molecule has 2 aromatic heterocycles. The molecule has 7 nitrogen and oxygen atoms in total. The third kappa shape index (κ3) is 4.38. The Bertz CT molecular complexity index is 1240. The number of amides is 1. The van der Waals surface area contributed by atoms with E-state index in [0.29, 0.717) is 36.1 Å². The number of carbonyl (C=O) groups is 1. The Morgan fingerprint density at radius 2 is 1.81 bits per heavy atom. The minimum absolute atomic E-state index is 0.177. The largest absolute Gasteiger partial charge is 0.379 e. The Morgan fingerprint density at radius 3 is 2.53 bits per heavy atom. The average Bonchev–Trinajstić information content (AvgIpc) is 3.38. The number of carbonyl (C=O) groups excluding carboxylic acids is 1. The SMILES string of the molecule is Cc1ccccc1-n1c(C)cc(C(=O)NCc2ccc(S(=O)(=O)N3CCOCC3)s2)c1C. The molecule has 1 saturated heterocycles. The standard InChI is InChI=1S/C23H27N3O4S2/c1-16-6-4-5-7-21(16)26-17(2)14-20(18(26)3)23(27)24-15-19-8-9-22(31-19)32(28,29)25-10-12-30-13-11-25/h4-9,14H,10-13,15H2,1-3H3,(H,24,27). The van der Waals surface area contributed by atoms with Gasteiger partial charge in [-0.15, -0.1) is 11.3 Å². The van der Waals surface area contributed by atoms with Crippen LogP contribution in [0.15, 0.2) is 46.7 Å². The summed E-state index contributed by atoms with van der Waals surface area (Å²) in [5.41, 5.74) is 4.66. The second kappa shape index (κ2) is 9.19. The molecule has 9 heteroatoms. The molecule has 1 fully saturated rings. The predicted molar refractivity (Wildman–Crippen MR) is 125 cm³/mol. The molecule has 32 heavy (non-hydrogen) atoms. The van der Waals surface area contributed by atoms with Crippen molar-refractivity contribution in [1.29, 1.82) is 0 Å². The molecule has 0 atom stereocenters. The maximum atomic E-state index is 12.9. The molecular formula is C23H27N3O4S2. The zero-order valence-electron chi connectivity index (χ0n) is 18.4. The monoisotopic (exact) mass is 473 g/mol. The van der Waals surface area contributed by atoms with E-state index in [1.807, 2.05) is 51.1 Å². The summed E-state index contributed by atoms with van der Waals surface area (Å²) in [6.45, 7) is 7.79. The zero-order valence-corrected chi connectivity index (χ0v) is 20.1. The van der Waals surface area contributed by atoms with Crippen molar-refractivity contribution in [2.75, 3.05) is 26.3 Å². The first-order valence-electron chi connectivity index (χ1n) is 10.5. The Morgan fingerprint density at radius 1 is 1.09 bits per heavy atom. The highest BCUT2D eigenvalue weighted by Crippen LogP contribution is 2.26. The van der Waals surface area contributed by atoms with Gasteiger partial charge in [0.05, 0.1) is 25.3 Å². The second-order valence-corrected chi connectivity index (χ2v) is 11.2. The Kier molecular flexibility index (Phi) is 6.52. The normalized spacial score (nSPS) is 15.1. The minimum atomic E-state index is -3.52. The summed E-state index contributed by atoms with van der Waals surface area (Å²) in [6, 6.07) is 13.3. The molecule has 170 valence electrons. The highest BCUT2D eigenvalue weighted by atomic mass is 32.2. The number of nitrogens with zero attached hydrogens (tertiary/aromatic N) is 2. The Balaban J connectivity index is 1.47. The number of aryl methyl sites for hydroxylation is 2. The van der Waals surface area contributed by atoms with Crippen molar-refractivity contribution in [2.24, 2.45) is 0 Å². The lowest BCUT2D eigenvalue weighted by atomic mass is 10.2.